The summed E-state index contributed by atoms with van der Waals surface area (Å²) in [7, 11) is -4.81. The van der Waals surface area contributed by atoms with Crippen molar-refractivity contribution < 1.29 is 40.5 Å². The highest BCUT2D eigenvalue weighted by Gasteiger charge is 2.49. The number of piperidine rings is 1. The van der Waals surface area contributed by atoms with Crippen molar-refractivity contribution in [1.29, 1.82) is 0 Å². The molecule has 1 N–H and O–H groups in total. The van der Waals surface area contributed by atoms with Crippen LogP contribution in [0, 0.1) is 0 Å². The fourth-order valence-corrected chi connectivity index (χ4v) is 7.02. The molecular formula is C33H62N7O8S+. The summed E-state index contributed by atoms with van der Waals surface area (Å²) < 4.78 is 48.0. The summed E-state index contributed by atoms with van der Waals surface area (Å²) in [5.74, 6) is 0.232. The van der Waals surface area contributed by atoms with Crippen LogP contribution in [0.4, 0.5) is 15.6 Å². The third kappa shape index (κ3) is 12.2. The van der Waals surface area contributed by atoms with Crippen LogP contribution in [0.3, 0.4) is 0 Å². The first-order valence-electron chi connectivity index (χ1n) is 18.3. The first kappa shape index (κ1) is 40.7. The average Bonchev–Trinajstić information content (AvgIpc) is 3.63. The number of unbranched alkanes of at least 4 members (excludes halogenated alkanes) is 4. The Morgan fingerprint density at radius 1 is 0.898 bits per heavy atom. The van der Waals surface area contributed by atoms with Gasteiger partial charge in [-0.15, -0.1) is 9.38 Å². The summed E-state index contributed by atoms with van der Waals surface area (Å²) in [4.78, 5) is 29.6. The topological polar surface area (TPSA) is 159 Å². The van der Waals surface area contributed by atoms with Crippen molar-refractivity contribution in [3.8, 4) is 0 Å². The predicted octanol–water partition coefficient (Wildman–Crippen LogP) is 5.81. The smallest absolute Gasteiger partial charge is 0.418 e. The van der Waals surface area contributed by atoms with Gasteiger partial charge in [-0.1, -0.05) is 58.5 Å². The van der Waals surface area contributed by atoms with Crippen LogP contribution in [0.2, 0.25) is 0 Å². The lowest BCUT2D eigenvalue weighted by atomic mass is 10.0. The van der Waals surface area contributed by atoms with E-state index in [2.05, 4.69) is 42.2 Å². The number of aromatic nitrogens is 2. The van der Waals surface area contributed by atoms with E-state index in [0.717, 1.165) is 0 Å². The minimum absolute atomic E-state index is 0.214. The highest BCUT2D eigenvalue weighted by atomic mass is 32.3. The third-order valence-electron chi connectivity index (χ3n) is 9.36. The Balaban J connectivity index is 0.000000326. The Kier molecular flexibility index (Phi) is 15.4. The van der Waals surface area contributed by atoms with Crippen molar-refractivity contribution in [2.24, 2.45) is 0 Å². The Labute approximate surface area is 293 Å². The lowest BCUT2D eigenvalue weighted by Gasteiger charge is -2.39. The zero-order valence-corrected chi connectivity index (χ0v) is 31.7. The number of amides is 3. The van der Waals surface area contributed by atoms with Crippen LogP contribution in [0.5, 0.6) is 0 Å². The Hall–Kier alpha value is -2.69. The summed E-state index contributed by atoms with van der Waals surface area (Å²) in [6, 6.07) is -1.44. The third-order valence-corrected chi connectivity index (χ3v) is 9.71. The second-order valence-electron chi connectivity index (χ2n) is 14.5. The van der Waals surface area contributed by atoms with Gasteiger partial charge in [-0.2, -0.15) is 13.5 Å². The van der Waals surface area contributed by atoms with Gasteiger partial charge < -0.3 is 28.3 Å². The van der Waals surface area contributed by atoms with Gasteiger partial charge in [0.05, 0.1) is 32.2 Å². The van der Waals surface area contributed by atoms with Crippen molar-refractivity contribution in [2.45, 2.75) is 130 Å². The molecule has 3 fully saturated rings. The fraction of sp³-hybridized carbons (Fsp3) is 0.879. The number of rotatable bonds is 16. The standard InChI is InChI=1S/C17H26N6O8S.C16H36N/c1-17(2,3)30-16(25)21-8-6-20(7-9-21)14-19-18-13(29-14)12-5-4-11-10-22(12)15(24)23(11)31-32(26,27)28;1-5-9-13-17(14-10-6-2,15-11-7-3)16-12-8-4/h11-12H,4-10H2,1-3H3,(H,26,27,28);5-16H2,1-4H3/q;+1/t11-,12+;/m1./s1. The van der Waals surface area contributed by atoms with Crippen LogP contribution >= 0.6 is 0 Å². The average molecular weight is 717 g/mol. The van der Waals surface area contributed by atoms with E-state index in [1.165, 1.54) is 86.9 Å². The zero-order valence-electron chi connectivity index (χ0n) is 30.9. The summed E-state index contributed by atoms with van der Waals surface area (Å²) in [6.07, 6.45) is 11.6. The van der Waals surface area contributed by atoms with E-state index in [0.29, 0.717) is 44.1 Å². The maximum Gasteiger partial charge on any atom is 0.418 e. The number of nitrogens with zero attached hydrogens (tertiary/aromatic N) is 7. The van der Waals surface area contributed by atoms with Gasteiger partial charge in [0.2, 0.25) is 5.89 Å². The largest absolute Gasteiger partial charge is 0.444 e. The molecule has 0 aromatic carbocycles. The van der Waals surface area contributed by atoms with Crippen LogP contribution in [-0.2, 0) is 19.4 Å². The van der Waals surface area contributed by atoms with E-state index in [1.54, 1.807) is 4.90 Å². The number of carbonyl (C=O) groups excluding carboxylic acids is 2. The van der Waals surface area contributed by atoms with E-state index >= 15 is 0 Å². The summed E-state index contributed by atoms with van der Waals surface area (Å²) in [5.41, 5.74) is -0.566. The molecule has 2 bridgehead atoms. The molecule has 4 heterocycles. The van der Waals surface area contributed by atoms with Crippen LogP contribution in [0.25, 0.3) is 0 Å². The van der Waals surface area contributed by atoms with Crippen molar-refractivity contribution in [3.05, 3.63) is 5.89 Å². The number of urea groups is 1. The monoisotopic (exact) mass is 716 g/mol. The highest BCUT2D eigenvalue weighted by Crippen LogP contribution is 2.39. The summed E-state index contributed by atoms with van der Waals surface area (Å²) in [5, 5.41) is 8.84. The minimum Gasteiger partial charge on any atom is -0.444 e. The van der Waals surface area contributed by atoms with Gasteiger partial charge in [0.1, 0.15) is 11.6 Å². The number of ether oxygens (including phenoxy) is 1. The van der Waals surface area contributed by atoms with Gasteiger partial charge >= 0.3 is 28.5 Å². The number of fused-ring (bicyclic) bond motifs is 2. The molecule has 3 amide bonds. The molecule has 0 spiro atoms. The lowest BCUT2D eigenvalue weighted by Crippen LogP contribution is -2.50. The second kappa shape index (κ2) is 18.5. The second-order valence-corrected chi connectivity index (χ2v) is 15.5. The molecular weight excluding hydrogens is 654 g/mol. The first-order valence-corrected chi connectivity index (χ1v) is 19.7. The SMILES string of the molecule is CC(C)(C)OC(=O)N1CCN(c2nnc([C@@H]3CC[C@@H]4CN3C(=O)N4OS(=O)(=O)O)o2)CC1.CCCC[N+](CCCC)(CCCC)CCCC. The number of hydrogen-bond donors (Lipinski definition) is 1. The van der Waals surface area contributed by atoms with E-state index in [1.807, 2.05) is 25.7 Å². The summed E-state index contributed by atoms with van der Waals surface area (Å²) >= 11 is 0. The van der Waals surface area contributed by atoms with Crippen LogP contribution < -0.4 is 4.90 Å². The van der Waals surface area contributed by atoms with Gasteiger partial charge in [-0.3, -0.25) is 4.55 Å². The zero-order chi connectivity index (χ0) is 36.2. The van der Waals surface area contributed by atoms with Crippen molar-refractivity contribution in [3.63, 3.8) is 0 Å². The molecule has 0 unspecified atom stereocenters. The highest BCUT2D eigenvalue weighted by molar-refractivity contribution is 7.80. The molecule has 3 saturated heterocycles. The van der Waals surface area contributed by atoms with Crippen molar-refractivity contribution in [2.75, 3.05) is 63.8 Å². The summed E-state index contributed by atoms with van der Waals surface area (Å²) in [6.45, 7) is 22.5. The van der Waals surface area contributed by atoms with E-state index < -0.39 is 34.1 Å². The molecule has 0 radical (unpaired) electrons. The molecule has 15 nitrogen and oxygen atoms in total. The minimum atomic E-state index is -4.81. The van der Waals surface area contributed by atoms with Crippen molar-refractivity contribution >= 4 is 28.5 Å². The van der Waals surface area contributed by atoms with Gasteiger partial charge in [0.25, 0.3) is 0 Å². The number of quaternary nitrogens is 1. The molecule has 3 aliphatic heterocycles. The molecule has 16 heteroatoms. The molecule has 4 rings (SSSR count). The molecule has 49 heavy (non-hydrogen) atoms. The molecule has 1 aromatic rings. The first-order chi connectivity index (χ1) is 23.2. The number of hydroxylamine groups is 2. The van der Waals surface area contributed by atoms with Gasteiger partial charge in [0, 0.05) is 32.7 Å². The van der Waals surface area contributed by atoms with Crippen LogP contribution in [0.15, 0.2) is 4.42 Å². The maximum absolute atomic E-state index is 12.6. The quantitative estimate of drug-likeness (QED) is 0.163. The Bertz CT molecular complexity index is 1240. The number of carbonyl (C=O) groups is 2. The van der Waals surface area contributed by atoms with Gasteiger partial charge in [0.15, 0.2) is 0 Å². The van der Waals surface area contributed by atoms with Crippen LogP contribution in [-0.4, -0.2) is 125 Å². The van der Waals surface area contributed by atoms with Crippen molar-refractivity contribution in [1.82, 2.24) is 25.1 Å². The van der Waals surface area contributed by atoms with E-state index in [9.17, 15) is 18.0 Å². The molecule has 0 saturated carbocycles. The predicted molar refractivity (Wildman–Crippen MR) is 186 cm³/mol. The number of anilines is 1. The van der Waals surface area contributed by atoms with E-state index in [-0.39, 0.29) is 24.5 Å². The maximum atomic E-state index is 12.6. The van der Waals surface area contributed by atoms with Gasteiger partial charge in [-0.25, -0.2) is 9.59 Å². The number of hydrogen-bond acceptors (Lipinski definition) is 10. The van der Waals surface area contributed by atoms with E-state index in [4.69, 9.17) is 13.7 Å². The molecule has 282 valence electrons. The molecule has 0 aliphatic carbocycles. The van der Waals surface area contributed by atoms with Gasteiger partial charge in [-0.05, 0) is 59.3 Å². The number of piperazine rings is 1. The normalized spacial score (nSPS) is 20.0. The Morgan fingerprint density at radius 3 is 1.90 bits per heavy atom. The molecule has 1 aromatic heterocycles. The molecule has 3 aliphatic rings. The molecule has 2 atom stereocenters. The van der Waals surface area contributed by atoms with Crippen LogP contribution in [0.1, 0.15) is 125 Å². The fourth-order valence-electron chi connectivity index (χ4n) is 6.63. The Morgan fingerprint density at radius 2 is 1.43 bits per heavy atom. The lowest BCUT2D eigenvalue weighted by molar-refractivity contribution is -0.929.